The molecule has 58 valence electrons. The number of ether oxygens (including phenoxy) is 1. The Morgan fingerprint density at radius 1 is 1.70 bits per heavy atom. The number of aliphatic carboxylic acids is 1. The normalized spacial score (nSPS) is 30.4. The lowest BCUT2D eigenvalue weighted by atomic mass is 9.82. The van der Waals surface area contributed by atoms with Gasteiger partial charge >= 0.3 is 5.97 Å². The minimum Gasteiger partial charge on any atom is -0.481 e. The van der Waals surface area contributed by atoms with Crippen molar-refractivity contribution in [2.24, 2.45) is 11.3 Å². The van der Waals surface area contributed by atoms with Gasteiger partial charge in [0.15, 0.2) is 0 Å². The lowest BCUT2D eigenvalue weighted by Crippen LogP contribution is -2.28. The van der Waals surface area contributed by atoms with Crippen LogP contribution in [0.25, 0.3) is 0 Å². The summed E-state index contributed by atoms with van der Waals surface area (Å²) in [6.07, 6.45) is 0. The highest BCUT2D eigenvalue weighted by Gasteiger charge is 2.40. The van der Waals surface area contributed by atoms with E-state index < -0.39 is 5.97 Å². The smallest absolute Gasteiger partial charge is 0.309 e. The highest BCUT2D eigenvalue weighted by atomic mass is 16.5. The van der Waals surface area contributed by atoms with E-state index in [1.807, 2.05) is 13.8 Å². The Morgan fingerprint density at radius 3 is 2.50 bits per heavy atom. The second-order valence-electron chi connectivity index (χ2n) is 3.39. The highest BCUT2D eigenvalue weighted by molar-refractivity contribution is 5.71. The van der Waals surface area contributed by atoms with E-state index in [0.29, 0.717) is 13.2 Å². The molecule has 3 heteroatoms. The molecule has 0 bridgehead atoms. The Morgan fingerprint density at radius 2 is 2.30 bits per heavy atom. The van der Waals surface area contributed by atoms with Crippen LogP contribution >= 0.6 is 0 Å². The maximum Gasteiger partial charge on any atom is 0.309 e. The molecule has 1 heterocycles. The zero-order valence-corrected chi connectivity index (χ0v) is 6.26. The molecule has 10 heavy (non-hydrogen) atoms. The third-order valence-corrected chi connectivity index (χ3v) is 2.00. The van der Waals surface area contributed by atoms with Gasteiger partial charge in [-0.1, -0.05) is 13.8 Å². The first-order chi connectivity index (χ1) is 4.54. The van der Waals surface area contributed by atoms with Crippen molar-refractivity contribution in [2.75, 3.05) is 13.2 Å². The summed E-state index contributed by atoms with van der Waals surface area (Å²) in [6, 6.07) is 0. The summed E-state index contributed by atoms with van der Waals surface area (Å²) in [7, 11) is 0. The summed E-state index contributed by atoms with van der Waals surface area (Å²) >= 11 is 0. The van der Waals surface area contributed by atoms with Crippen LogP contribution in [-0.2, 0) is 9.53 Å². The maximum atomic E-state index is 10.5. The van der Waals surface area contributed by atoms with Crippen LogP contribution in [0.15, 0.2) is 0 Å². The monoisotopic (exact) mass is 144 g/mol. The van der Waals surface area contributed by atoms with Crippen molar-refractivity contribution in [2.45, 2.75) is 13.8 Å². The molecule has 1 rings (SSSR count). The molecule has 1 atom stereocenters. The van der Waals surface area contributed by atoms with E-state index in [2.05, 4.69) is 0 Å². The Balaban J connectivity index is 2.68. The molecule has 1 N–H and O–H groups in total. The standard InChI is InChI=1S/C7H12O3/c1-7(2)4-10-3-5(7)6(8)9/h5H,3-4H2,1-2H3,(H,8,9). The van der Waals surface area contributed by atoms with Gasteiger partial charge in [-0.05, 0) is 0 Å². The minimum atomic E-state index is -0.748. The van der Waals surface area contributed by atoms with E-state index in [-0.39, 0.29) is 11.3 Å². The van der Waals surface area contributed by atoms with Crippen LogP contribution in [0.3, 0.4) is 0 Å². The second kappa shape index (κ2) is 2.23. The van der Waals surface area contributed by atoms with Crippen molar-refractivity contribution in [1.29, 1.82) is 0 Å². The van der Waals surface area contributed by atoms with Gasteiger partial charge in [0.05, 0.1) is 19.1 Å². The van der Waals surface area contributed by atoms with Gasteiger partial charge in [-0.25, -0.2) is 0 Å². The molecule has 0 aromatic heterocycles. The molecule has 0 amide bonds. The first kappa shape index (κ1) is 7.54. The second-order valence-corrected chi connectivity index (χ2v) is 3.39. The molecule has 0 aromatic carbocycles. The molecule has 0 radical (unpaired) electrons. The predicted octanol–water partition coefficient (Wildman–Crippen LogP) is 0.744. The number of rotatable bonds is 1. The van der Waals surface area contributed by atoms with Crippen molar-refractivity contribution in [3.63, 3.8) is 0 Å². The molecule has 0 aliphatic carbocycles. The Labute approximate surface area is 60.0 Å². The molecule has 0 spiro atoms. The minimum absolute atomic E-state index is 0.189. The van der Waals surface area contributed by atoms with E-state index in [9.17, 15) is 4.79 Å². The van der Waals surface area contributed by atoms with Crippen molar-refractivity contribution in [1.82, 2.24) is 0 Å². The van der Waals surface area contributed by atoms with E-state index in [1.165, 1.54) is 0 Å². The predicted molar refractivity (Wildman–Crippen MR) is 35.7 cm³/mol. The molecule has 1 unspecified atom stereocenters. The lowest BCUT2D eigenvalue weighted by Gasteiger charge is -2.19. The maximum absolute atomic E-state index is 10.5. The summed E-state index contributed by atoms with van der Waals surface area (Å²) in [6.45, 7) is 4.75. The molecule has 1 aliphatic heterocycles. The summed E-state index contributed by atoms with van der Waals surface area (Å²) in [4.78, 5) is 10.5. The molecule has 0 aromatic rings. The zero-order chi connectivity index (χ0) is 7.78. The fourth-order valence-corrected chi connectivity index (χ4v) is 1.17. The van der Waals surface area contributed by atoms with Crippen LogP contribution in [0.4, 0.5) is 0 Å². The van der Waals surface area contributed by atoms with Crippen LogP contribution < -0.4 is 0 Å². The zero-order valence-electron chi connectivity index (χ0n) is 6.26. The summed E-state index contributed by atoms with van der Waals surface area (Å²) in [5.41, 5.74) is -0.189. The van der Waals surface area contributed by atoms with Crippen molar-refractivity contribution >= 4 is 5.97 Å². The number of carboxylic acid groups (broad SMARTS) is 1. The fourth-order valence-electron chi connectivity index (χ4n) is 1.17. The summed E-state index contributed by atoms with van der Waals surface area (Å²) in [5.74, 6) is -1.07. The van der Waals surface area contributed by atoms with Crippen LogP contribution in [0, 0.1) is 11.3 Å². The van der Waals surface area contributed by atoms with E-state index >= 15 is 0 Å². The molecule has 0 saturated carbocycles. The summed E-state index contributed by atoms with van der Waals surface area (Å²) in [5, 5.41) is 8.67. The van der Waals surface area contributed by atoms with Gasteiger partial charge in [-0.2, -0.15) is 0 Å². The molecular formula is C7H12O3. The van der Waals surface area contributed by atoms with Crippen LogP contribution in [-0.4, -0.2) is 24.3 Å². The third-order valence-electron chi connectivity index (χ3n) is 2.00. The van der Waals surface area contributed by atoms with Gasteiger partial charge in [0.25, 0.3) is 0 Å². The van der Waals surface area contributed by atoms with Gasteiger partial charge in [0.1, 0.15) is 0 Å². The van der Waals surface area contributed by atoms with Crippen LogP contribution in [0.5, 0.6) is 0 Å². The third kappa shape index (κ3) is 1.14. The number of carboxylic acids is 1. The topological polar surface area (TPSA) is 46.5 Å². The van der Waals surface area contributed by atoms with Crippen molar-refractivity contribution in [3.8, 4) is 0 Å². The van der Waals surface area contributed by atoms with Gasteiger partial charge in [-0.15, -0.1) is 0 Å². The van der Waals surface area contributed by atoms with E-state index in [0.717, 1.165) is 0 Å². The lowest BCUT2D eigenvalue weighted by molar-refractivity contribution is -0.144. The quantitative estimate of drug-likeness (QED) is 0.590. The molecule has 3 nitrogen and oxygen atoms in total. The first-order valence-corrected chi connectivity index (χ1v) is 3.34. The number of hydrogen-bond acceptors (Lipinski definition) is 2. The Hall–Kier alpha value is -0.570. The van der Waals surface area contributed by atoms with Gasteiger partial charge in [0.2, 0.25) is 0 Å². The summed E-state index contributed by atoms with van der Waals surface area (Å²) < 4.78 is 5.05. The van der Waals surface area contributed by atoms with Gasteiger partial charge < -0.3 is 9.84 Å². The Bertz CT molecular complexity index is 151. The van der Waals surface area contributed by atoms with E-state index in [1.54, 1.807) is 0 Å². The molecule has 1 fully saturated rings. The van der Waals surface area contributed by atoms with Crippen molar-refractivity contribution in [3.05, 3.63) is 0 Å². The SMILES string of the molecule is CC1(C)COCC1C(=O)O. The number of hydrogen-bond donors (Lipinski definition) is 1. The molecular weight excluding hydrogens is 132 g/mol. The fraction of sp³-hybridized carbons (Fsp3) is 0.857. The molecule has 1 aliphatic rings. The van der Waals surface area contributed by atoms with Crippen LogP contribution in [0.1, 0.15) is 13.8 Å². The number of carbonyl (C=O) groups is 1. The van der Waals surface area contributed by atoms with E-state index in [4.69, 9.17) is 9.84 Å². The average Bonchev–Trinajstić information content (AvgIpc) is 2.08. The van der Waals surface area contributed by atoms with Gasteiger partial charge in [-0.3, -0.25) is 4.79 Å². The largest absolute Gasteiger partial charge is 0.481 e. The van der Waals surface area contributed by atoms with Crippen LogP contribution in [0.2, 0.25) is 0 Å². The first-order valence-electron chi connectivity index (χ1n) is 3.34. The highest BCUT2D eigenvalue weighted by Crippen LogP contribution is 2.33. The van der Waals surface area contributed by atoms with Gasteiger partial charge in [0, 0.05) is 5.41 Å². The average molecular weight is 144 g/mol. The van der Waals surface area contributed by atoms with Crippen molar-refractivity contribution < 1.29 is 14.6 Å². The molecule has 1 saturated heterocycles. The Kier molecular flexibility index (Phi) is 1.68.